The minimum Gasteiger partial charge on any atom is -0.497 e. The van der Waals surface area contributed by atoms with Gasteiger partial charge in [-0.3, -0.25) is 9.88 Å². The maximum atomic E-state index is 5.28. The van der Waals surface area contributed by atoms with Crippen molar-refractivity contribution in [1.82, 2.24) is 19.4 Å². The third-order valence-electron chi connectivity index (χ3n) is 5.95. The first-order valence-corrected chi connectivity index (χ1v) is 9.61. The zero-order chi connectivity index (χ0) is 18.2. The lowest BCUT2D eigenvalue weighted by Gasteiger charge is -2.27. The van der Waals surface area contributed by atoms with Crippen molar-refractivity contribution in [3.8, 4) is 17.0 Å². The molecule has 2 aliphatic heterocycles. The number of imidazole rings is 1. The first kappa shape index (κ1) is 16.5. The Labute approximate surface area is 159 Å². The predicted octanol–water partition coefficient (Wildman–Crippen LogP) is 3.26. The van der Waals surface area contributed by atoms with Gasteiger partial charge in [0.05, 0.1) is 24.7 Å². The maximum absolute atomic E-state index is 5.28. The number of hydrogen-bond donors (Lipinski definition) is 0. The van der Waals surface area contributed by atoms with E-state index in [2.05, 4.69) is 38.7 Å². The van der Waals surface area contributed by atoms with Gasteiger partial charge in [-0.1, -0.05) is 6.07 Å². The Morgan fingerprint density at radius 3 is 2.63 bits per heavy atom. The van der Waals surface area contributed by atoms with Crippen LogP contribution in [0.1, 0.15) is 11.5 Å². The normalized spacial score (nSPS) is 21.7. The van der Waals surface area contributed by atoms with Crippen LogP contribution in [-0.4, -0.2) is 39.6 Å². The molecule has 3 aromatic rings. The van der Waals surface area contributed by atoms with Gasteiger partial charge < -0.3 is 9.30 Å². The van der Waals surface area contributed by atoms with Gasteiger partial charge in [0.25, 0.3) is 0 Å². The Balaban J connectivity index is 1.33. The van der Waals surface area contributed by atoms with Crippen LogP contribution in [0, 0.1) is 11.8 Å². The van der Waals surface area contributed by atoms with E-state index in [1.54, 1.807) is 7.11 Å². The van der Waals surface area contributed by atoms with Crippen molar-refractivity contribution in [3.05, 3.63) is 66.4 Å². The van der Waals surface area contributed by atoms with Crippen LogP contribution < -0.4 is 4.74 Å². The lowest BCUT2D eigenvalue weighted by Crippen LogP contribution is -2.28. The molecule has 4 heterocycles. The zero-order valence-electron chi connectivity index (χ0n) is 15.6. The van der Waals surface area contributed by atoms with Gasteiger partial charge in [-0.2, -0.15) is 0 Å². The molecule has 0 spiro atoms. The monoisotopic (exact) mass is 360 g/mol. The van der Waals surface area contributed by atoms with Gasteiger partial charge in [-0.25, -0.2) is 4.98 Å². The molecule has 2 aliphatic rings. The number of methoxy groups -OCH3 is 1. The summed E-state index contributed by atoms with van der Waals surface area (Å²) in [5.41, 5.74) is 3.58. The van der Waals surface area contributed by atoms with Gasteiger partial charge in [0.1, 0.15) is 11.6 Å². The Morgan fingerprint density at radius 2 is 1.85 bits per heavy atom. The number of likely N-dealkylation sites (tertiary alicyclic amines) is 1. The minimum absolute atomic E-state index is 0.687. The predicted molar refractivity (Wildman–Crippen MR) is 104 cm³/mol. The molecule has 0 saturated carbocycles. The van der Waals surface area contributed by atoms with Crippen molar-refractivity contribution in [2.75, 3.05) is 20.2 Å². The smallest absolute Gasteiger partial charge is 0.118 e. The fourth-order valence-corrected chi connectivity index (χ4v) is 4.57. The summed E-state index contributed by atoms with van der Waals surface area (Å²) in [6.45, 7) is 4.29. The lowest BCUT2D eigenvalue weighted by molar-refractivity contribution is 0.304. The molecule has 138 valence electrons. The fourth-order valence-electron chi connectivity index (χ4n) is 4.57. The molecule has 0 amide bonds. The lowest BCUT2D eigenvalue weighted by atomic mass is 9.89. The van der Waals surface area contributed by atoms with E-state index in [9.17, 15) is 0 Å². The topological polar surface area (TPSA) is 43.2 Å². The van der Waals surface area contributed by atoms with Crippen molar-refractivity contribution in [1.29, 1.82) is 0 Å². The van der Waals surface area contributed by atoms with E-state index in [1.165, 1.54) is 17.1 Å². The van der Waals surface area contributed by atoms with Gasteiger partial charge in [-0.15, -0.1) is 0 Å². The molecule has 1 fully saturated rings. The largest absolute Gasteiger partial charge is 0.497 e. The molecule has 0 bridgehead atoms. The van der Waals surface area contributed by atoms with Crippen molar-refractivity contribution in [2.24, 2.45) is 11.8 Å². The Hall–Kier alpha value is -2.66. The summed E-state index contributed by atoms with van der Waals surface area (Å²) in [5.74, 6) is 3.50. The van der Waals surface area contributed by atoms with E-state index in [0.29, 0.717) is 11.8 Å². The standard InChI is InChI=1S/C22H24N4O/c1-27-20-7-5-16(6-8-20)21-11-24-22-10-17-12-25(13-18(17)14-26(21)22)15-19-4-2-3-9-23-19/h2-9,11,17-18H,10,12-15H2,1H3/t17-,18-/m1/s1. The molecule has 2 atom stereocenters. The van der Waals surface area contributed by atoms with Gasteiger partial charge in [-0.05, 0) is 48.2 Å². The van der Waals surface area contributed by atoms with Gasteiger partial charge in [0.15, 0.2) is 0 Å². The Kier molecular flexibility index (Phi) is 4.17. The molecule has 27 heavy (non-hydrogen) atoms. The number of aromatic nitrogens is 3. The van der Waals surface area contributed by atoms with E-state index in [0.717, 1.165) is 44.0 Å². The fraction of sp³-hybridized carbons (Fsp3) is 0.364. The molecule has 0 N–H and O–H groups in total. The molecule has 0 radical (unpaired) electrons. The van der Waals surface area contributed by atoms with Crippen molar-refractivity contribution in [2.45, 2.75) is 19.5 Å². The third kappa shape index (κ3) is 3.12. The van der Waals surface area contributed by atoms with E-state index in [-0.39, 0.29) is 0 Å². The average molecular weight is 360 g/mol. The molecule has 0 unspecified atom stereocenters. The Bertz CT molecular complexity index is 919. The summed E-state index contributed by atoms with van der Waals surface area (Å²) in [4.78, 5) is 11.8. The van der Waals surface area contributed by atoms with Crippen LogP contribution in [-0.2, 0) is 19.5 Å². The summed E-state index contributed by atoms with van der Waals surface area (Å²) in [7, 11) is 1.70. The number of hydrogen-bond acceptors (Lipinski definition) is 4. The minimum atomic E-state index is 0.687. The molecule has 2 aromatic heterocycles. The number of fused-ring (bicyclic) bond motifs is 2. The zero-order valence-corrected chi connectivity index (χ0v) is 15.6. The molecule has 0 aliphatic carbocycles. The molecule has 5 heteroatoms. The highest BCUT2D eigenvalue weighted by Gasteiger charge is 2.37. The van der Waals surface area contributed by atoms with Crippen LogP contribution in [0.3, 0.4) is 0 Å². The van der Waals surface area contributed by atoms with Crippen molar-refractivity contribution < 1.29 is 4.74 Å². The Morgan fingerprint density at radius 1 is 1.00 bits per heavy atom. The van der Waals surface area contributed by atoms with Crippen LogP contribution in [0.2, 0.25) is 0 Å². The highest BCUT2D eigenvalue weighted by Crippen LogP contribution is 2.36. The van der Waals surface area contributed by atoms with Crippen molar-refractivity contribution in [3.63, 3.8) is 0 Å². The quantitative estimate of drug-likeness (QED) is 0.716. The van der Waals surface area contributed by atoms with E-state index >= 15 is 0 Å². The summed E-state index contributed by atoms with van der Waals surface area (Å²) >= 11 is 0. The molecule has 5 nitrogen and oxygen atoms in total. The highest BCUT2D eigenvalue weighted by atomic mass is 16.5. The summed E-state index contributed by atoms with van der Waals surface area (Å²) in [6.07, 6.45) is 4.98. The van der Waals surface area contributed by atoms with Crippen molar-refractivity contribution >= 4 is 0 Å². The molecule has 1 saturated heterocycles. The van der Waals surface area contributed by atoms with Crippen LogP contribution >= 0.6 is 0 Å². The van der Waals surface area contributed by atoms with E-state index in [1.807, 2.05) is 30.6 Å². The number of rotatable bonds is 4. The second-order valence-electron chi connectivity index (χ2n) is 7.64. The average Bonchev–Trinajstić information content (AvgIpc) is 3.29. The molecule has 5 rings (SSSR count). The van der Waals surface area contributed by atoms with Crippen LogP contribution in [0.5, 0.6) is 5.75 Å². The van der Waals surface area contributed by atoms with Gasteiger partial charge in [0, 0.05) is 44.4 Å². The van der Waals surface area contributed by atoms with E-state index < -0.39 is 0 Å². The molecular formula is C22H24N4O. The van der Waals surface area contributed by atoms with Crippen LogP contribution in [0.15, 0.2) is 54.9 Å². The van der Waals surface area contributed by atoms with Crippen LogP contribution in [0.4, 0.5) is 0 Å². The second-order valence-corrected chi connectivity index (χ2v) is 7.64. The number of pyridine rings is 1. The third-order valence-corrected chi connectivity index (χ3v) is 5.95. The maximum Gasteiger partial charge on any atom is 0.118 e. The summed E-state index contributed by atoms with van der Waals surface area (Å²) in [5, 5.41) is 0. The molecule has 1 aromatic carbocycles. The SMILES string of the molecule is COc1ccc(-c2cnc3n2C[C@H]2CN(Cc4ccccn4)C[C@H]2C3)cc1. The first-order valence-electron chi connectivity index (χ1n) is 9.61. The summed E-state index contributed by atoms with van der Waals surface area (Å²) < 4.78 is 7.71. The number of nitrogens with zero attached hydrogens (tertiary/aromatic N) is 4. The van der Waals surface area contributed by atoms with Gasteiger partial charge in [0.2, 0.25) is 0 Å². The number of ether oxygens (including phenoxy) is 1. The summed E-state index contributed by atoms with van der Waals surface area (Å²) in [6, 6.07) is 14.5. The first-order chi connectivity index (χ1) is 13.3. The van der Waals surface area contributed by atoms with Crippen LogP contribution in [0.25, 0.3) is 11.3 Å². The molecular weight excluding hydrogens is 336 g/mol. The van der Waals surface area contributed by atoms with E-state index in [4.69, 9.17) is 9.72 Å². The number of benzene rings is 1. The second kappa shape index (κ2) is 6.82. The van der Waals surface area contributed by atoms with Gasteiger partial charge >= 0.3 is 0 Å². The highest BCUT2D eigenvalue weighted by molar-refractivity contribution is 5.60.